The summed E-state index contributed by atoms with van der Waals surface area (Å²) in [6, 6.07) is 13.3. The quantitative estimate of drug-likeness (QED) is 0.910. The standard InChI is InChI=1S/C18H18N2O4/c21-18(20-14-5-6-16-17(8-14)24-11-23-16)19-9-15-7-12-3-1-2-4-13(12)10-22-15/h1-6,8,15H,7,9-11H2,(H2,19,20,21). The summed E-state index contributed by atoms with van der Waals surface area (Å²) in [6.07, 6.45) is 0.794. The lowest BCUT2D eigenvalue weighted by molar-refractivity contribution is 0.0308. The van der Waals surface area contributed by atoms with Crippen LogP contribution in [0.4, 0.5) is 10.5 Å². The number of urea groups is 1. The molecule has 0 aromatic heterocycles. The van der Waals surface area contributed by atoms with Gasteiger partial charge in [0.2, 0.25) is 6.79 Å². The summed E-state index contributed by atoms with van der Waals surface area (Å²) in [6.45, 7) is 1.27. The minimum absolute atomic E-state index is 0.0117. The average Bonchev–Trinajstić information content (AvgIpc) is 3.07. The van der Waals surface area contributed by atoms with E-state index in [9.17, 15) is 4.79 Å². The zero-order valence-electron chi connectivity index (χ0n) is 13.1. The van der Waals surface area contributed by atoms with Gasteiger partial charge in [-0.2, -0.15) is 0 Å². The maximum Gasteiger partial charge on any atom is 0.319 e. The molecule has 4 rings (SSSR count). The third-order valence-electron chi connectivity index (χ3n) is 4.16. The number of hydrogen-bond donors (Lipinski definition) is 2. The van der Waals surface area contributed by atoms with Crippen LogP contribution in [-0.2, 0) is 17.8 Å². The fourth-order valence-corrected chi connectivity index (χ4v) is 2.90. The molecule has 0 spiro atoms. The molecule has 2 heterocycles. The molecule has 2 aromatic rings. The van der Waals surface area contributed by atoms with E-state index in [0.717, 1.165) is 6.42 Å². The van der Waals surface area contributed by atoms with Gasteiger partial charge in [-0.3, -0.25) is 0 Å². The first-order valence-electron chi connectivity index (χ1n) is 7.91. The molecule has 0 radical (unpaired) electrons. The number of ether oxygens (including phenoxy) is 3. The fourth-order valence-electron chi connectivity index (χ4n) is 2.90. The number of rotatable bonds is 3. The van der Waals surface area contributed by atoms with Crippen molar-refractivity contribution < 1.29 is 19.0 Å². The zero-order chi connectivity index (χ0) is 16.4. The Morgan fingerprint density at radius 2 is 1.92 bits per heavy atom. The van der Waals surface area contributed by atoms with E-state index < -0.39 is 0 Å². The summed E-state index contributed by atoms with van der Waals surface area (Å²) < 4.78 is 16.3. The van der Waals surface area contributed by atoms with Crippen molar-refractivity contribution >= 4 is 11.7 Å². The Balaban J connectivity index is 1.30. The monoisotopic (exact) mass is 326 g/mol. The average molecular weight is 326 g/mol. The van der Waals surface area contributed by atoms with Gasteiger partial charge in [-0.1, -0.05) is 24.3 Å². The smallest absolute Gasteiger partial charge is 0.319 e. The van der Waals surface area contributed by atoms with E-state index in [1.54, 1.807) is 18.2 Å². The van der Waals surface area contributed by atoms with E-state index in [2.05, 4.69) is 22.8 Å². The SMILES string of the molecule is O=C(NCC1Cc2ccccc2CO1)Nc1ccc2c(c1)OCO2. The largest absolute Gasteiger partial charge is 0.454 e. The van der Waals surface area contributed by atoms with Crippen molar-refractivity contribution in [2.45, 2.75) is 19.1 Å². The van der Waals surface area contributed by atoms with Gasteiger partial charge in [0.15, 0.2) is 11.5 Å². The van der Waals surface area contributed by atoms with Gasteiger partial charge in [0.1, 0.15) is 0 Å². The second kappa shape index (κ2) is 6.41. The van der Waals surface area contributed by atoms with Crippen LogP contribution < -0.4 is 20.1 Å². The third-order valence-corrected chi connectivity index (χ3v) is 4.16. The minimum Gasteiger partial charge on any atom is -0.454 e. The minimum atomic E-state index is -0.267. The summed E-state index contributed by atoms with van der Waals surface area (Å²) in [5.41, 5.74) is 3.16. The number of carbonyl (C=O) groups excluding carboxylic acids is 1. The maximum atomic E-state index is 12.1. The van der Waals surface area contributed by atoms with Crippen LogP contribution in [0.2, 0.25) is 0 Å². The van der Waals surface area contributed by atoms with Crippen molar-refractivity contribution in [1.82, 2.24) is 5.32 Å². The first-order valence-corrected chi connectivity index (χ1v) is 7.91. The van der Waals surface area contributed by atoms with Crippen LogP contribution >= 0.6 is 0 Å². The Morgan fingerprint density at radius 3 is 2.83 bits per heavy atom. The number of benzene rings is 2. The summed E-state index contributed by atoms with van der Waals surface area (Å²) in [7, 11) is 0. The van der Waals surface area contributed by atoms with Crippen molar-refractivity contribution in [1.29, 1.82) is 0 Å². The molecule has 2 aliphatic heterocycles. The number of anilines is 1. The molecule has 0 aliphatic carbocycles. The zero-order valence-corrected chi connectivity index (χ0v) is 13.1. The van der Waals surface area contributed by atoms with Crippen molar-refractivity contribution in [2.24, 2.45) is 0 Å². The normalized spacial score (nSPS) is 17.9. The van der Waals surface area contributed by atoms with Gasteiger partial charge in [0, 0.05) is 24.7 Å². The molecule has 6 nitrogen and oxygen atoms in total. The highest BCUT2D eigenvalue weighted by atomic mass is 16.7. The molecule has 2 aromatic carbocycles. The Bertz CT molecular complexity index is 762. The van der Waals surface area contributed by atoms with Gasteiger partial charge in [-0.25, -0.2) is 4.79 Å². The maximum absolute atomic E-state index is 12.1. The second-order valence-corrected chi connectivity index (χ2v) is 5.81. The van der Waals surface area contributed by atoms with E-state index in [1.807, 2.05) is 12.1 Å². The molecule has 2 aliphatic rings. The molecule has 124 valence electrons. The molecule has 0 saturated carbocycles. The molecule has 24 heavy (non-hydrogen) atoms. The summed E-state index contributed by atoms with van der Waals surface area (Å²) in [5, 5.41) is 5.64. The third kappa shape index (κ3) is 3.14. The summed E-state index contributed by atoms with van der Waals surface area (Å²) in [4.78, 5) is 12.1. The van der Waals surface area contributed by atoms with Crippen molar-refractivity contribution in [2.75, 3.05) is 18.7 Å². The predicted molar refractivity (Wildman–Crippen MR) is 88.3 cm³/mol. The Kier molecular flexibility index (Phi) is 3.96. The van der Waals surface area contributed by atoms with Crippen LogP contribution in [0.3, 0.4) is 0 Å². The van der Waals surface area contributed by atoms with Gasteiger partial charge in [0.05, 0.1) is 12.7 Å². The van der Waals surface area contributed by atoms with Crippen molar-refractivity contribution in [3.05, 3.63) is 53.6 Å². The molecular weight excluding hydrogens is 308 g/mol. The molecule has 6 heteroatoms. The van der Waals surface area contributed by atoms with Crippen LogP contribution in [0.1, 0.15) is 11.1 Å². The highest BCUT2D eigenvalue weighted by Gasteiger charge is 2.19. The Morgan fingerprint density at radius 1 is 1.08 bits per heavy atom. The number of amides is 2. The van der Waals surface area contributed by atoms with Crippen molar-refractivity contribution in [3.63, 3.8) is 0 Å². The molecule has 0 fully saturated rings. The number of fused-ring (bicyclic) bond motifs is 2. The highest BCUT2D eigenvalue weighted by molar-refractivity contribution is 5.89. The van der Waals surface area contributed by atoms with Crippen LogP contribution in [0.5, 0.6) is 11.5 Å². The lowest BCUT2D eigenvalue weighted by Gasteiger charge is -2.25. The van der Waals surface area contributed by atoms with Gasteiger partial charge in [-0.05, 0) is 23.3 Å². The van der Waals surface area contributed by atoms with Gasteiger partial charge >= 0.3 is 6.03 Å². The second-order valence-electron chi connectivity index (χ2n) is 5.81. The lowest BCUT2D eigenvalue weighted by Crippen LogP contribution is -2.38. The van der Waals surface area contributed by atoms with Gasteiger partial charge in [-0.15, -0.1) is 0 Å². The number of carbonyl (C=O) groups is 1. The Hall–Kier alpha value is -2.73. The molecular formula is C18H18N2O4. The molecule has 0 bridgehead atoms. The number of nitrogens with one attached hydrogen (secondary N) is 2. The van der Waals surface area contributed by atoms with E-state index in [4.69, 9.17) is 14.2 Å². The van der Waals surface area contributed by atoms with Crippen LogP contribution in [0.25, 0.3) is 0 Å². The topological polar surface area (TPSA) is 68.8 Å². The first-order chi connectivity index (χ1) is 11.8. The fraction of sp³-hybridized carbons (Fsp3) is 0.278. The van der Waals surface area contributed by atoms with E-state index in [0.29, 0.717) is 30.3 Å². The Labute approximate surface area is 139 Å². The van der Waals surface area contributed by atoms with Gasteiger partial charge in [0.25, 0.3) is 0 Å². The van der Waals surface area contributed by atoms with Crippen LogP contribution in [0, 0.1) is 0 Å². The summed E-state index contributed by atoms with van der Waals surface area (Å²) in [5.74, 6) is 1.33. The van der Waals surface area contributed by atoms with Crippen LogP contribution in [0.15, 0.2) is 42.5 Å². The lowest BCUT2D eigenvalue weighted by atomic mass is 9.99. The molecule has 2 N–H and O–H groups in total. The van der Waals surface area contributed by atoms with Gasteiger partial charge < -0.3 is 24.8 Å². The number of hydrogen-bond acceptors (Lipinski definition) is 4. The molecule has 1 atom stereocenters. The van der Waals surface area contributed by atoms with E-state index >= 15 is 0 Å². The van der Waals surface area contributed by atoms with E-state index in [-0.39, 0.29) is 18.9 Å². The van der Waals surface area contributed by atoms with E-state index in [1.165, 1.54) is 11.1 Å². The highest BCUT2D eigenvalue weighted by Crippen LogP contribution is 2.34. The predicted octanol–water partition coefficient (Wildman–Crippen LogP) is 2.68. The van der Waals surface area contributed by atoms with Crippen molar-refractivity contribution in [3.8, 4) is 11.5 Å². The molecule has 2 amide bonds. The molecule has 0 saturated heterocycles. The molecule has 1 unspecified atom stereocenters. The first kappa shape index (κ1) is 14.8. The summed E-state index contributed by atoms with van der Waals surface area (Å²) >= 11 is 0. The van der Waals surface area contributed by atoms with Crippen LogP contribution in [-0.4, -0.2) is 25.5 Å².